The minimum absolute atomic E-state index is 0.127. The van der Waals surface area contributed by atoms with Crippen LogP contribution in [0.15, 0.2) is 0 Å². The lowest BCUT2D eigenvalue weighted by molar-refractivity contribution is -0.0669. The molecule has 1 aliphatic heterocycles. The van der Waals surface area contributed by atoms with Gasteiger partial charge < -0.3 is 10.6 Å². The molecule has 5 rings (SSSR count). The third-order valence-corrected chi connectivity index (χ3v) is 6.89. The van der Waals surface area contributed by atoms with Crippen LogP contribution in [-0.4, -0.2) is 30.1 Å². The molecule has 1 heterocycles. The molecule has 19 heavy (non-hydrogen) atoms. The summed E-state index contributed by atoms with van der Waals surface area (Å²) in [5.41, 5.74) is 7.30. The lowest BCUT2D eigenvalue weighted by Gasteiger charge is -2.57. The normalized spacial score (nSPS) is 53.1. The Morgan fingerprint density at radius 1 is 1.05 bits per heavy atom. The van der Waals surface area contributed by atoms with Crippen molar-refractivity contribution >= 4 is 0 Å². The smallest absolute Gasteiger partial charge is 0.0293 e. The Kier molecular flexibility index (Phi) is 2.80. The second-order valence-electron chi connectivity index (χ2n) is 8.59. The second-order valence-corrected chi connectivity index (χ2v) is 8.59. The number of hydrogen-bond donors (Lipinski definition) is 1. The topological polar surface area (TPSA) is 29.3 Å². The Labute approximate surface area is 118 Å². The summed E-state index contributed by atoms with van der Waals surface area (Å²) in [5, 5.41) is 0. The van der Waals surface area contributed by atoms with Gasteiger partial charge >= 0.3 is 0 Å². The zero-order valence-electron chi connectivity index (χ0n) is 12.5. The van der Waals surface area contributed by atoms with Crippen LogP contribution in [0.2, 0.25) is 0 Å². The van der Waals surface area contributed by atoms with Crippen molar-refractivity contribution in [2.45, 2.75) is 63.8 Å². The highest BCUT2D eigenvalue weighted by Gasteiger charge is 2.51. The van der Waals surface area contributed by atoms with E-state index in [1.165, 1.54) is 19.5 Å². The van der Waals surface area contributed by atoms with E-state index in [2.05, 4.69) is 11.8 Å². The average Bonchev–Trinajstić information content (AvgIpc) is 2.69. The fraction of sp³-hybridized carbons (Fsp3) is 1.00. The summed E-state index contributed by atoms with van der Waals surface area (Å²) in [4.78, 5) is 2.72. The molecule has 1 saturated heterocycles. The lowest BCUT2D eigenvalue weighted by atomic mass is 9.49. The maximum absolute atomic E-state index is 6.47. The van der Waals surface area contributed by atoms with Gasteiger partial charge in [-0.05, 0) is 74.5 Å². The standard InChI is InChI=1S/C17H30N2/c1-2-17(18)3-4-19(12-17)11-16-8-13-5-14(9-16)7-15(6-13)10-16/h13-15H,2-12,18H2,1H3. The first-order chi connectivity index (χ1) is 9.08. The van der Waals surface area contributed by atoms with Gasteiger partial charge in [-0.3, -0.25) is 0 Å². The Morgan fingerprint density at radius 3 is 2.11 bits per heavy atom. The van der Waals surface area contributed by atoms with Crippen LogP contribution in [0.3, 0.4) is 0 Å². The molecule has 0 aromatic rings. The molecule has 0 spiro atoms. The van der Waals surface area contributed by atoms with Gasteiger partial charge in [-0.15, -0.1) is 0 Å². The number of likely N-dealkylation sites (tertiary alicyclic amines) is 1. The highest BCUT2D eigenvalue weighted by Crippen LogP contribution is 2.60. The van der Waals surface area contributed by atoms with Gasteiger partial charge in [-0.2, -0.15) is 0 Å². The highest BCUT2D eigenvalue weighted by molar-refractivity contribution is 5.04. The summed E-state index contributed by atoms with van der Waals surface area (Å²) in [6.07, 6.45) is 11.7. The predicted molar refractivity (Wildman–Crippen MR) is 78.9 cm³/mol. The number of hydrogen-bond acceptors (Lipinski definition) is 2. The van der Waals surface area contributed by atoms with E-state index in [4.69, 9.17) is 5.73 Å². The van der Waals surface area contributed by atoms with Crippen molar-refractivity contribution in [2.75, 3.05) is 19.6 Å². The third-order valence-electron chi connectivity index (χ3n) is 6.89. The summed E-state index contributed by atoms with van der Waals surface area (Å²) >= 11 is 0. The zero-order chi connectivity index (χ0) is 13.1. The molecule has 1 unspecified atom stereocenters. The molecule has 2 nitrogen and oxygen atoms in total. The molecule has 0 radical (unpaired) electrons. The maximum atomic E-state index is 6.47. The first-order valence-electron chi connectivity index (χ1n) is 8.59. The van der Waals surface area contributed by atoms with Gasteiger partial charge in [0.1, 0.15) is 0 Å². The number of nitrogens with zero attached hydrogens (tertiary/aromatic N) is 1. The lowest BCUT2D eigenvalue weighted by Crippen LogP contribution is -2.51. The van der Waals surface area contributed by atoms with Gasteiger partial charge in [0.25, 0.3) is 0 Å². The molecule has 5 fully saturated rings. The number of nitrogens with two attached hydrogens (primary N) is 1. The van der Waals surface area contributed by atoms with Crippen LogP contribution < -0.4 is 5.73 Å². The van der Waals surface area contributed by atoms with E-state index in [0.29, 0.717) is 5.41 Å². The van der Waals surface area contributed by atoms with E-state index in [9.17, 15) is 0 Å². The molecule has 4 bridgehead atoms. The highest BCUT2D eigenvalue weighted by atomic mass is 15.2. The SMILES string of the molecule is CCC1(N)CCN(CC23CC4CC(CC(C4)C2)C3)C1. The van der Waals surface area contributed by atoms with Crippen LogP contribution in [0.5, 0.6) is 0 Å². The van der Waals surface area contributed by atoms with Crippen LogP contribution in [0, 0.1) is 23.2 Å². The van der Waals surface area contributed by atoms with Gasteiger partial charge in [0.05, 0.1) is 0 Å². The molecule has 2 N–H and O–H groups in total. The second kappa shape index (κ2) is 4.21. The molecule has 1 atom stereocenters. The molecular weight excluding hydrogens is 232 g/mol. The molecule has 4 saturated carbocycles. The van der Waals surface area contributed by atoms with E-state index >= 15 is 0 Å². The van der Waals surface area contributed by atoms with Crippen LogP contribution >= 0.6 is 0 Å². The molecule has 0 amide bonds. The average molecular weight is 262 g/mol. The van der Waals surface area contributed by atoms with E-state index in [1.54, 1.807) is 38.5 Å². The Morgan fingerprint density at radius 2 is 1.63 bits per heavy atom. The largest absolute Gasteiger partial charge is 0.324 e. The molecule has 4 aliphatic carbocycles. The summed E-state index contributed by atoms with van der Waals surface area (Å²) in [7, 11) is 0. The van der Waals surface area contributed by atoms with E-state index in [1.807, 2.05) is 0 Å². The van der Waals surface area contributed by atoms with Gasteiger partial charge in [0, 0.05) is 25.2 Å². The molecule has 5 aliphatic rings. The number of rotatable bonds is 3. The summed E-state index contributed by atoms with van der Waals surface area (Å²) in [5.74, 6) is 3.26. The van der Waals surface area contributed by atoms with Gasteiger partial charge in [0.2, 0.25) is 0 Å². The monoisotopic (exact) mass is 262 g/mol. The van der Waals surface area contributed by atoms with E-state index in [0.717, 1.165) is 30.7 Å². The Balaban J connectivity index is 1.46. The first kappa shape index (κ1) is 12.6. The van der Waals surface area contributed by atoms with Crippen molar-refractivity contribution in [1.82, 2.24) is 4.90 Å². The van der Waals surface area contributed by atoms with Gasteiger partial charge in [-0.1, -0.05) is 6.92 Å². The van der Waals surface area contributed by atoms with Crippen molar-refractivity contribution < 1.29 is 0 Å². The van der Waals surface area contributed by atoms with Crippen molar-refractivity contribution in [3.63, 3.8) is 0 Å². The van der Waals surface area contributed by atoms with E-state index in [-0.39, 0.29) is 5.54 Å². The molecule has 2 heteroatoms. The fourth-order valence-electron chi connectivity index (χ4n) is 6.37. The molecule has 108 valence electrons. The zero-order valence-corrected chi connectivity index (χ0v) is 12.5. The predicted octanol–water partition coefficient (Wildman–Crippen LogP) is 3.02. The Hall–Kier alpha value is -0.0800. The minimum Gasteiger partial charge on any atom is -0.324 e. The van der Waals surface area contributed by atoms with Crippen molar-refractivity contribution in [3.8, 4) is 0 Å². The molecule has 0 aromatic heterocycles. The summed E-state index contributed by atoms with van der Waals surface area (Å²) in [6.45, 7) is 6.04. The van der Waals surface area contributed by atoms with Crippen LogP contribution in [-0.2, 0) is 0 Å². The summed E-state index contributed by atoms with van der Waals surface area (Å²) in [6, 6.07) is 0. The van der Waals surface area contributed by atoms with E-state index < -0.39 is 0 Å². The molecule has 0 aromatic carbocycles. The minimum atomic E-state index is 0.127. The van der Waals surface area contributed by atoms with Gasteiger partial charge in [0.15, 0.2) is 0 Å². The third kappa shape index (κ3) is 2.15. The van der Waals surface area contributed by atoms with Gasteiger partial charge in [-0.25, -0.2) is 0 Å². The first-order valence-corrected chi connectivity index (χ1v) is 8.59. The van der Waals surface area contributed by atoms with Crippen LogP contribution in [0.1, 0.15) is 58.3 Å². The van der Waals surface area contributed by atoms with Crippen molar-refractivity contribution in [3.05, 3.63) is 0 Å². The van der Waals surface area contributed by atoms with Crippen molar-refractivity contribution in [2.24, 2.45) is 28.9 Å². The quantitative estimate of drug-likeness (QED) is 0.847. The van der Waals surface area contributed by atoms with Crippen molar-refractivity contribution in [1.29, 1.82) is 0 Å². The Bertz CT molecular complexity index is 329. The fourth-order valence-corrected chi connectivity index (χ4v) is 6.37. The van der Waals surface area contributed by atoms with Crippen LogP contribution in [0.25, 0.3) is 0 Å². The maximum Gasteiger partial charge on any atom is 0.0293 e. The molecular formula is C17H30N2. The van der Waals surface area contributed by atoms with Crippen LogP contribution in [0.4, 0.5) is 0 Å². The summed E-state index contributed by atoms with van der Waals surface area (Å²) < 4.78 is 0.